The van der Waals surface area contributed by atoms with E-state index in [-0.39, 0.29) is 5.92 Å². The zero-order valence-electron chi connectivity index (χ0n) is 8.92. The topological polar surface area (TPSA) is 17.3 Å². The van der Waals surface area contributed by atoms with Gasteiger partial charge in [0.05, 0.1) is 5.56 Å². The lowest BCUT2D eigenvalue weighted by Crippen LogP contribution is -2.07. The van der Waals surface area contributed by atoms with Crippen LogP contribution in [-0.2, 0) is 6.18 Å². The molecule has 0 amide bonds. The summed E-state index contributed by atoms with van der Waals surface area (Å²) < 4.78 is 39.1. The van der Waals surface area contributed by atoms with E-state index in [9.17, 15) is 13.2 Å². The fourth-order valence-corrected chi connectivity index (χ4v) is 1.59. The van der Waals surface area contributed by atoms with Crippen molar-refractivity contribution < 1.29 is 13.2 Å². The van der Waals surface area contributed by atoms with Gasteiger partial charge in [-0.15, -0.1) is 0 Å². The molecule has 0 spiro atoms. The van der Waals surface area contributed by atoms with E-state index in [0.29, 0.717) is 5.65 Å². The number of pyridine rings is 1. The lowest BCUT2D eigenvalue weighted by atomic mass is 10.1. The second kappa shape index (κ2) is 3.50. The maximum atomic E-state index is 12.5. The van der Waals surface area contributed by atoms with Gasteiger partial charge in [-0.25, -0.2) is 4.98 Å². The van der Waals surface area contributed by atoms with Crippen LogP contribution in [0.3, 0.4) is 0 Å². The van der Waals surface area contributed by atoms with Gasteiger partial charge in [0.1, 0.15) is 5.65 Å². The molecular formula is C11H11F3N2. The van der Waals surface area contributed by atoms with Gasteiger partial charge in [-0.3, -0.25) is 0 Å². The average Bonchev–Trinajstić information content (AvgIpc) is 2.58. The van der Waals surface area contributed by atoms with E-state index in [1.54, 1.807) is 6.20 Å². The molecule has 0 saturated carbocycles. The molecule has 0 N–H and O–H groups in total. The molecular weight excluding hydrogens is 217 g/mol. The van der Waals surface area contributed by atoms with Crippen molar-refractivity contribution in [2.45, 2.75) is 25.9 Å². The lowest BCUT2D eigenvalue weighted by Gasteiger charge is -2.09. The van der Waals surface area contributed by atoms with Crippen molar-refractivity contribution in [3.05, 3.63) is 35.8 Å². The molecule has 2 heterocycles. The zero-order chi connectivity index (χ0) is 11.9. The summed E-state index contributed by atoms with van der Waals surface area (Å²) in [7, 11) is 0. The highest BCUT2D eigenvalue weighted by molar-refractivity contribution is 5.43. The van der Waals surface area contributed by atoms with Crippen LogP contribution in [0.4, 0.5) is 13.2 Å². The smallest absolute Gasteiger partial charge is 0.303 e. The number of hydrogen-bond donors (Lipinski definition) is 0. The van der Waals surface area contributed by atoms with E-state index < -0.39 is 11.7 Å². The summed E-state index contributed by atoms with van der Waals surface area (Å²) in [5.74, 6) is 0.137. The fraction of sp³-hybridized carbons (Fsp3) is 0.364. The molecule has 0 aliphatic carbocycles. The van der Waals surface area contributed by atoms with Crippen molar-refractivity contribution in [2.75, 3.05) is 0 Å². The second-order valence-corrected chi connectivity index (χ2v) is 3.98. The number of rotatable bonds is 1. The second-order valence-electron chi connectivity index (χ2n) is 3.98. The predicted octanol–water partition coefficient (Wildman–Crippen LogP) is 3.48. The van der Waals surface area contributed by atoms with Gasteiger partial charge >= 0.3 is 6.18 Å². The standard InChI is InChI=1S/C11H11F3N2/c1-7(2)9-5-15-10-4-3-8(6-16(9)10)11(12,13)14/h3-7H,1-2H3. The minimum Gasteiger partial charge on any atom is -0.303 e. The first-order chi connectivity index (χ1) is 7.39. The summed E-state index contributed by atoms with van der Waals surface area (Å²) >= 11 is 0. The Bertz CT molecular complexity index is 511. The van der Waals surface area contributed by atoms with Crippen LogP contribution in [0.5, 0.6) is 0 Å². The monoisotopic (exact) mass is 228 g/mol. The molecule has 2 rings (SSSR count). The highest BCUT2D eigenvalue weighted by Gasteiger charge is 2.31. The number of halogens is 3. The Morgan fingerprint density at radius 3 is 2.50 bits per heavy atom. The predicted molar refractivity (Wildman–Crippen MR) is 54.3 cm³/mol. The van der Waals surface area contributed by atoms with Gasteiger partial charge in [-0.05, 0) is 18.1 Å². The maximum absolute atomic E-state index is 12.5. The van der Waals surface area contributed by atoms with Crippen LogP contribution in [0.1, 0.15) is 31.0 Å². The molecule has 0 atom stereocenters. The third kappa shape index (κ3) is 1.77. The summed E-state index contributed by atoms with van der Waals surface area (Å²) in [6, 6.07) is 2.43. The quantitative estimate of drug-likeness (QED) is 0.730. The summed E-state index contributed by atoms with van der Waals surface area (Å²) in [6.45, 7) is 3.84. The molecule has 0 bridgehead atoms. The van der Waals surface area contributed by atoms with Crippen molar-refractivity contribution in [1.82, 2.24) is 9.38 Å². The minimum absolute atomic E-state index is 0.137. The first-order valence-corrected chi connectivity index (χ1v) is 4.94. The molecule has 0 radical (unpaired) electrons. The molecule has 0 aliphatic rings. The Kier molecular flexibility index (Phi) is 2.40. The zero-order valence-corrected chi connectivity index (χ0v) is 8.92. The third-order valence-corrected chi connectivity index (χ3v) is 2.45. The lowest BCUT2D eigenvalue weighted by molar-refractivity contribution is -0.137. The first-order valence-electron chi connectivity index (χ1n) is 4.94. The van der Waals surface area contributed by atoms with E-state index in [2.05, 4.69) is 4.98 Å². The van der Waals surface area contributed by atoms with E-state index in [1.165, 1.54) is 10.5 Å². The highest BCUT2D eigenvalue weighted by Crippen LogP contribution is 2.30. The van der Waals surface area contributed by atoms with Crippen molar-refractivity contribution in [3.8, 4) is 0 Å². The fourth-order valence-electron chi connectivity index (χ4n) is 1.59. The number of alkyl halides is 3. The molecule has 5 heteroatoms. The van der Waals surface area contributed by atoms with Crippen LogP contribution in [-0.4, -0.2) is 9.38 Å². The number of fused-ring (bicyclic) bond motifs is 1. The van der Waals surface area contributed by atoms with Gasteiger partial charge in [-0.2, -0.15) is 13.2 Å². The van der Waals surface area contributed by atoms with E-state index in [0.717, 1.165) is 18.0 Å². The van der Waals surface area contributed by atoms with Crippen molar-refractivity contribution in [1.29, 1.82) is 0 Å². The maximum Gasteiger partial charge on any atom is 0.417 e. The van der Waals surface area contributed by atoms with Gasteiger partial charge in [-0.1, -0.05) is 13.8 Å². The highest BCUT2D eigenvalue weighted by atomic mass is 19.4. The SMILES string of the molecule is CC(C)c1cnc2ccc(C(F)(F)F)cn12. The molecule has 0 aliphatic heterocycles. The normalized spacial score (nSPS) is 12.6. The van der Waals surface area contributed by atoms with Crippen molar-refractivity contribution in [3.63, 3.8) is 0 Å². The Morgan fingerprint density at radius 2 is 1.94 bits per heavy atom. The Balaban J connectivity index is 2.63. The van der Waals surface area contributed by atoms with Gasteiger partial charge < -0.3 is 4.40 Å². The molecule has 0 saturated heterocycles. The third-order valence-electron chi connectivity index (χ3n) is 2.45. The van der Waals surface area contributed by atoms with Gasteiger partial charge in [0.15, 0.2) is 0 Å². The Morgan fingerprint density at radius 1 is 1.25 bits per heavy atom. The average molecular weight is 228 g/mol. The van der Waals surface area contributed by atoms with Crippen LogP contribution in [0, 0.1) is 0 Å². The summed E-state index contributed by atoms with van der Waals surface area (Å²) in [6.07, 6.45) is -1.61. The molecule has 2 aromatic rings. The largest absolute Gasteiger partial charge is 0.417 e. The molecule has 2 nitrogen and oxygen atoms in total. The van der Waals surface area contributed by atoms with E-state index >= 15 is 0 Å². The number of imidazole rings is 1. The molecule has 0 fully saturated rings. The number of nitrogens with zero attached hydrogens (tertiary/aromatic N) is 2. The summed E-state index contributed by atoms with van der Waals surface area (Å²) in [4.78, 5) is 4.06. The van der Waals surface area contributed by atoms with Crippen LogP contribution in [0.15, 0.2) is 24.5 Å². The van der Waals surface area contributed by atoms with Crippen LogP contribution >= 0.6 is 0 Å². The van der Waals surface area contributed by atoms with Gasteiger partial charge in [0.25, 0.3) is 0 Å². The van der Waals surface area contributed by atoms with Crippen LogP contribution in [0.25, 0.3) is 5.65 Å². The Labute approximate surface area is 90.7 Å². The minimum atomic E-state index is -4.31. The molecule has 2 aromatic heterocycles. The van der Waals surface area contributed by atoms with Crippen LogP contribution < -0.4 is 0 Å². The summed E-state index contributed by atoms with van der Waals surface area (Å²) in [5.41, 5.74) is 0.665. The molecule has 0 aromatic carbocycles. The van der Waals surface area contributed by atoms with E-state index in [4.69, 9.17) is 0 Å². The summed E-state index contributed by atoms with van der Waals surface area (Å²) in [5, 5.41) is 0. The number of hydrogen-bond acceptors (Lipinski definition) is 1. The molecule has 0 unspecified atom stereocenters. The van der Waals surface area contributed by atoms with Crippen LogP contribution in [0.2, 0.25) is 0 Å². The first kappa shape index (κ1) is 11.0. The Hall–Kier alpha value is -1.52. The molecule has 16 heavy (non-hydrogen) atoms. The van der Waals surface area contributed by atoms with E-state index in [1.807, 2.05) is 13.8 Å². The van der Waals surface area contributed by atoms with Crippen molar-refractivity contribution in [2.24, 2.45) is 0 Å². The van der Waals surface area contributed by atoms with Gasteiger partial charge in [0, 0.05) is 18.1 Å². The number of aromatic nitrogens is 2. The van der Waals surface area contributed by atoms with Crippen molar-refractivity contribution >= 4 is 5.65 Å². The molecule has 86 valence electrons. The van der Waals surface area contributed by atoms with Gasteiger partial charge in [0.2, 0.25) is 0 Å².